The third-order valence-electron chi connectivity index (χ3n) is 2.14. The van der Waals surface area contributed by atoms with Crippen LogP contribution < -0.4 is 0 Å². The predicted molar refractivity (Wildman–Crippen MR) is 57.5 cm³/mol. The molecule has 0 atom stereocenters. The van der Waals surface area contributed by atoms with Gasteiger partial charge in [-0.1, -0.05) is 23.7 Å². The Balaban J connectivity index is 2.28. The zero-order valence-corrected chi connectivity index (χ0v) is 9.00. The molecule has 0 amide bonds. The van der Waals surface area contributed by atoms with E-state index >= 15 is 0 Å². The van der Waals surface area contributed by atoms with Crippen LogP contribution in [-0.2, 0) is 6.54 Å². The van der Waals surface area contributed by atoms with Crippen LogP contribution in [0.3, 0.4) is 0 Å². The molecule has 15 heavy (non-hydrogen) atoms. The van der Waals surface area contributed by atoms with E-state index in [1.54, 1.807) is 16.8 Å². The normalized spacial score (nSPS) is 10.6. The quantitative estimate of drug-likeness (QED) is 0.767. The molecule has 0 unspecified atom stereocenters. The molecule has 0 aliphatic rings. The fourth-order valence-corrected chi connectivity index (χ4v) is 1.58. The van der Waals surface area contributed by atoms with Gasteiger partial charge in [-0.3, -0.25) is 4.68 Å². The molecule has 1 heterocycles. The lowest BCUT2D eigenvalue weighted by molar-refractivity contribution is 0.619. The van der Waals surface area contributed by atoms with Gasteiger partial charge in [0.1, 0.15) is 5.82 Å². The first-order chi connectivity index (χ1) is 7.16. The maximum atomic E-state index is 13.1. The molecule has 2 nitrogen and oxygen atoms in total. The lowest BCUT2D eigenvalue weighted by atomic mass is 10.2. The van der Waals surface area contributed by atoms with Gasteiger partial charge in [-0.2, -0.15) is 5.10 Å². The van der Waals surface area contributed by atoms with E-state index in [4.69, 9.17) is 11.6 Å². The van der Waals surface area contributed by atoms with Crippen LogP contribution in [0.1, 0.15) is 11.3 Å². The summed E-state index contributed by atoms with van der Waals surface area (Å²) in [6.45, 7) is 2.40. The number of hydrogen-bond donors (Lipinski definition) is 0. The first-order valence-corrected chi connectivity index (χ1v) is 4.97. The summed E-state index contributed by atoms with van der Waals surface area (Å²) in [5.41, 5.74) is 1.67. The van der Waals surface area contributed by atoms with Gasteiger partial charge in [-0.05, 0) is 24.6 Å². The van der Waals surface area contributed by atoms with E-state index in [1.807, 2.05) is 19.2 Å². The number of halogens is 2. The standard InChI is InChI=1S/C11H10ClFN2/c1-8-5-6-15(14-8)7-9-3-2-4-10(13)11(9)12/h2-6H,7H2,1H3. The topological polar surface area (TPSA) is 17.8 Å². The molecule has 0 saturated carbocycles. The van der Waals surface area contributed by atoms with Gasteiger partial charge in [0.25, 0.3) is 0 Å². The molecule has 1 aromatic heterocycles. The number of aryl methyl sites for hydroxylation is 1. The van der Waals surface area contributed by atoms with Crippen molar-refractivity contribution < 1.29 is 4.39 Å². The van der Waals surface area contributed by atoms with Crippen molar-refractivity contribution in [1.29, 1.82) is 0 Å². The van der Waals surface area contributed by atoms with E-state index in [-0.39, 0.29) is 5.02 Å². The third kappa shape index (κ3) is 2.18. The van der Waals surface area contributed by atoms with Crippen LogP contribution in [0.15, 0.2) is 30.5 Å². The second-order valence-corrected chi connectivity index (χ2v) is 3.75. The molecule has 4 heteroatoms. The van der Waals surface area contributed by atoms with Gasteiger partial charge in [0.2, 0.25) is 0 Å². The maximum Gasteiger partial charge on any atom is 0.142 e. The molecule has 0 saturated heterocycles. The van der Waals surface area contributed by atoms with Gasteiger partial charge in [-0.15, -0.1) is 0 Å². The molecule has 0 spiro atoms. The van der Waals surface area contributed by atoms with Gasteiger partial charge in [0, 0.05) is 6.20 Å². The van der Waals surface area contributed by atoms with Gasteiger partial charge >= 0.3 is 0 Å². The molecule has 0 aliphatic heterocycles. The second-order valence-electron chi connectivity index (χ2n) is 3.37. The van der Waals surface area contributed by atoms with Crippen LogP contribution in [0.25, 0.3) is 0 Å². The average Bonchev–Trinajstić information content (AvgIpc) is 2.59. The van der Waals surface area contributed by atoms with Gasteiger partial charge in [0.05, 0.1) is 17.3 Å². The fourth-order valence-electron chi connectivity index (χ4n) is 1.40. The van der Waals surface area contributed by atoms with E-state index < -0.39 is 5.82 Å². The summed E-state index contributed by atoms with van der Waals surface area (Å²) in [6.07, 6.45) is 1.84. The average molecular weight is 225 g/mol. The Labute approximate surface area is 92.3 Å². The highest BCUT2D eigenvalue weighted by atomic mass is 35.5. The van der Waals surface area contributed by atoms with E-state index in [2.05, 4.69) is 5.10 Å². The zero-order chi connectivity index (χ0) is 10.8. The van der Waals surface area contributed by atoms with Crippen LogP contribution in [0.5, 0.6) is 0 Å². The van der Waals surface area contributed by atoms with Gasteiger partial charge in [0.15, 0.2) is 0 Å². The summed E-state index contributed by atoms with van der Waals surface area (Å²) in [7, 11) is 0. The zero-order valence-electron chi connectivity index (χ0n) is 8.24. The van der Waals surface area contributed by atoms with Crippen LogP contribution in [0.2, 0.25) is 5.02 Å². The fraction of sp³-hybridized carbons (Fsp3) is 0.182. The van der Waals surface area contributed by atoms with Crippen LogP contribution >= 0.6 is 11.6 Å². The Kier molecular flexibility index (Phi) is 2.73. The van der Waals surface area contributed by atoms with Crippen molar-refractivity contribution in [1.82, 2.24) is 9.78 Å². The molecular formula is C11H10ClFN2. The molecule has 0 radical (unpaired) electrons. The number of benzene rings is 1. The van der Waals surface area contributed by atoms with Crippen molar-refractivity contribution in [2.75, 3.05) is 0 Å². The van der Waals surface area contributed by atoms with Crippen molar-refractivity contribution >= 4 is 11.6 Å². The Morgan fingerprint density at radius 2 is 2.20 bits per heavy atom. The Morgan fingerprint density at radius 3 is 2.87 bits per heavy atom. The molecule has 1 aromatic carbocycles. The summed E-state index contributed by atoms with van der Waals surface area (Å²) >= 11 is 5.83. The minimum absolute atomic E-state index is 0.172. The summed E-state index contributed by atoms with van der Waals surface area (Å²) in [5, 5.41) is 4.38. The van der Waals surface area contributed by atoms with Crippen molar-refractivity contribution in [2.24, 2.45) is 0 Å². The number of hydrogen-bond acceptors (Lipinski definition) is 1. The van der Waals surface area contributed by atoms with E-state index in [0.29, 0.717) is 6.54 Å². The van der Waals surface area contributed by atoms with E-state index in [1.165, 1.54) is 6.07 Å². The molecule has 0 fully saturated rings. The number of rotatable bonds is 2. The minimum atomic E-state index is -0.391. The summed E-state index contributed by atoms with van der Waals surface area (Å²) in [6, 6.07) is 6.68. The SMILES string of the molecule is Cc1ccn(Cc2cccc(F)c2Cl)n1. The number of aromatic nitrogens is 2. The highest BCUT2D eigenvalue weighted by Gasteiger charge is 2.06. The molecule has 0 N–H and O–H groups in total. The Morgan fingerprint density at radius 1 is 1.40 bits per heavy atom. The van der Waals surface area contributed by atoms with Crippen LogP contribution in [0.4, 0.5) is 4.39 Å². The van der Waals surface area contributed by atoms with Crippen molar-refractivity contribution in [2.45, 2.75) is 13.5 Å². The summed E-state index contributed by atoms with van der Waals surface area (Å²) in [5.74, 6) is -0.391. The van der Waals surface area contributed by atoms with Gasteiger partial charge in [-0.25, -0.2) is 4.39 Å². The lowest BCUT2D eigenvalue weighted by Crippen LogP contribution is -2.01. The van der Waals surface area contributed by atoms with Gasteiger partial charge < -0.3 is 0 Å². The smallest absolute Gasteiger partial charge is 0.142 e. The summed E-state index contributed by atoms with van der Waals surface area (Å²) in [4.78, 5) is 0. The number of nitrogens with zero attached hydrogens (tertiary/aromatic N) is 2. The molecule has 2 rings (SSSR count). The van der Waals surface area contributed by atoms with E-state index in [9.17, 15) is 4.39 Å². The molecule has 2 aromatic rings. The summed E-state index contributed by atoms with van der Waals surface area (Å²) < 4.78 is 14.9. The first kappa shape index (κ1) is 10.2. The van der Waals surface area contributed by atoms with Crippen molar-refractivity contribution in [3.8, 4) is 0 Å². The van der Waals surface area contributed by atoms with Crippen LogP contribution in [-0.4, -0.2) is 9.78 Å². The highest BCUT2D eigenvalue weighted by molar-refractivity contribution is 6.31. The predicted octanol–water partition coefficient (Wildman–Crippen LogP) is 3.03. The largest absolute Gasteiger partial charge is 0.268 e. The Hall–Kier alpha value is -1.35. The molecular weight excluding hydrogens is 215 g/mol. The molecule has 0 bridgehead atoms. The van der Waals surface area contributed by atoms with Crippen LogP contribution in [0, 0.1) is 12.7 Å². The monoisotopic (exact) mass is 224 g/mol. The minimum Gasteiger partial charge on any atom is -0.268 e. The van der Waals surface area contributed by atoms with E-state index in [0.717, 1.165) is 11.3 Å². The highest BCUT2D eigenvalue weighted by Crippen LogP contribution is 2.20. The Bertz CT molecular complexity index is 479. The van der Waals surface area contributed by atoms with Crippen molar-refractivity contribution in [3.63, 3.8) is 0 Å². The first-order valence-electron chi connectivity index (χ1n) is 4.60. The van der Waals surface area contributed by atoms with Crippen molar-refractivity contribution in [3.05, 3.63) is 52.6 Å². The second kappa shape index (κ2) is 4.03. The molecule has 78 valence electrons. The maximum absolute atomic E-state index is 13.1. The molecule has 0 aliphatic carbocycles. The lowest BCUT2D eigenvalue weighted by Gasteiger charge is -2.04. The third-order valence-corrected chi connectivity index (χ3v) is 2.56.